The number of nitrogens with two attached hydrogens (primary N) is 1. The minimum absolute atomic E-state index is 0.248. The van der Waals surface area contributed by atoms with Crippen LogP contribution in [0.15, 0.2) is 12.1 Å². The molecule has 0 bridgehead atoms. The average molecular weight is 349 g/mol. The Labute approximate surface area is 139 Å². The van der Waals surface area contributed by atoms with Gasteiger partial charge in [0.25, 0.3) is 0 Å². The van der Waals surface area contributed by atoms with Crippen LogP contribution < -0.4 is 15.3 Å². The number of benzene rings is 1. The quantitative estimate of drug-likeness (QED) is 0.318. The maximum atomic E-state index is 11.3. The monoisotopic (exact) mass is 348 g/mol. The Balaban J connectivity index is 2.57. The second-order valence-corrected chi connectivity index (χ2v) is 5.69. The average Bonchev–Trinajstić information content (AvgIpc) is 2.51. The molecule has 1 aromatic carbocycles. The van der Waals surface area contributed by atoms with Crippen molar-refractivity contribution in [2.24, 2.45) is 5.84 Å². The number of methoxy groups -OCH3 is 2. The number of halogens is 1. The fourth-order valence-electron chi connectivity index (χ4n) is 1.69. The third-order valence-corrected chi connectivity index (χ3v) is 4.03. The molecule has 1 aromatic rings. The molecule has 0 aromatic heterocycles. The molecule has 0 saturated heterocycles. The zero-order chi connectivity index (χ0) is 16.5. The van der Waals surface area contributed by atoms with Gasteiger partial charge in [0, 0.05) is 23.9 Å². The Morgan fingerprint density at radius 3 is 2.59 bits per heavy atom. The lowest BCUT2D eigenvalue weighted by atomic mass is 10.2. The van der Waals surface area contributed by atoms with Gasteiger partial charge in [0.2, 0.25) is 0 Å². The van der Waals surface area contributed by atoms with Gasteiger partial charge in [-0.1, -0.05) is 23.5 Å². The molecule has 0 aliphatic carbocycles. The number of carbonyl (C=O) groups excluding carboxylic acids is 1. The van der Waals surface area contributed by atoms with Crippen LogP contribution in [0, 0.1) is 0 Å². The van der Waals surface area contributed by atoms with Gasteiger partial charge < -0.3 is 14.2 Å². The predicted molar refractivity (Wildman–Crippen MR) is 88.0 cm³/mol. The van der Waals surface area contributed by atoms with Crippen LogP contribution in [0.1, 0.15) is 18.9 Å². The van der Waals surface area contributed by atoms with Gasteiger partial charge in [-0.25, -0.2) is 0 Å². The molecule has 0 amide bonds. The first kappa shape index (κ1) is 18.9. The van der Waals surface area contributed by atoms with E-state index in [1.807, 2.05) is 6.07 Å². The zero-order valence-corrected chi connectivity index (χ0v) is 14.5. The van der Waals surface area contributed by atoms with Crippen molar-refractivity contribution in [1.82, 2.24) is 4.41 Å². The Morgan fingerprint density at radius 2 is 2.00 bits per heavy atom. The van der Waals surface area contributed by atoms with Crippen molar-refractivity contribution in [3.8, 4) is 11.5 Å². The van der Waals surface area contributed by atoms with Crippen LogP contribution in [0.3, 0.4) is 0 Å². The van der Waals surface area contributed by atoms with Crippen LogP contribution >= 0.6 is 23.5 Å². The molecule has 0 aliphatic rings. The normalized spacial score (nSPS) is 10.6. The molecule has 2 N–H and O–H groups in total. The first-order chi connectivity index (χ1) is 10.5. The van der Waals surface area contributed by atoms with Crippen LogP contribution in [0.4, 0.5) is 0 Å². The molecule has 0 saturated carbocycles. The summed E-state index contributed by atoms with van der Waals surface area (Å²) in [6.07, 6.45) is 0.248. The minimum Gasteiger partial charge on any atom is -0.496 e. The SMILES string of the molecule is CCOC(=O)CCN(N)SCc1cc(OC)c(Cl)cc1OC. The van der Waals surface area contributed by atoms with E-state index < -0.39 is 0 Å². The van der Waals surface area contributed by atoms with E-state index in [-0.39, 0.29) is 12.4 Å². The molecule has 1 rings (SSSR count). The highest BCUT2D eigenvalue weighted by Gasteiger charge is 2.12. The Hall–Kier alpha value is -1.15. The van der Waals surface area contributed by atoms with Crippen molar-refractivity contribution in [3.63, 3.8) is 0 Å². The molecule has 22 heavy (non-hydrogen) atoms. The second-order valence-electron chi connectivity index (χ2n) is 4.27. The van der Waals surface area contributed by atoms with E-state index >= 15 is 0 Å². The van der Waals surface area contributed by atoms with Crippen molar-refractivity contribution in [3.05, 3.63) is 22.7 Å². The summed E-state index contributed by atoms with van der Waals surface area (Å²) in [4.78, 5) is 11.3. The topological polar surface area (TPSA) is 74.0 Å². The summed E-state index contributed by atoms with van der Waals surface area (Å²) >= 11 is 7.43. The van der Waals surface area contributed by atoms with E-state index in [1.165, 1.54) is 16.4 Å². The number of hydrazine groups is 1. The van der Waals surface area contributed by atoms with E-state index in [0.29, 0.717) is 35.4 Å². The highest BCUT2D eigenvalue weighted by molar-refractivity contribution is 7.96. The van der Waals surface area contributed by atoms with Gasteiger partial charge in [0.1, 0.15) is 11.5 Å². The lowest BCUT2D eigenvalue weighted by Gasteiger charge is -2.16. The summed E-state index contributed by atoms with van der Waals surface area (Å²) in [5, 5.41) is 0.486. The minimum atomic E-state index is -0.260. The molecule has 124 valence electrons. The molecular weight excluding hydrogens is 328 g/mol. The first-order valence-electron chi connectivity index (χ1n) is 6.73. The summed E-state index contributed by atoms with van der Waals surface area (Å²) in [6.45, 7) is 2.54. The summed E-state index contributed by atoms with van der Waals surface area (Å²) in [5.74, 6) is 7.39. The van der Waals surface area contributed by atoms with Gasteiger partial charge in [-0.05, 0) is 13.0 Å². The number of esters is 1. The highest BCUT2D eigenvalue weighted by atomic mass is 35.5. The zero-order valence-electron chi connectivity index (χ0n) is 12.9. The van der Waals surface area contributed by atoms with Crippen molar-refractivity contribution in [1.29, 1.82) is 0 Å². The first-order valence-corrected chi connectivity index (χ1v) is 8.05. The van der Waals surface area contributed by atoms with Gasteiger partial charge >= 0.3 is 5.97 Å². The lowest BCUT2D eigenvalue weighted by Crippen LogP contribution is -2.27. The molecule has 0 unspecified atom stereocenters. The van der Waals surface area contributed by atoms with Gasteiger partial charge in [0.05, 0.1) is 32.3 Å². The number of carbonyl (C=O) groups is 1. The number of ether oxygens (including phenoxy) is 3. The highest BCUT2D eigenvalue weighted by Crippen LogP contribution is 2.34. The molecule has 0 atom stereocenters. The Morgan fingerprint density at radius 1 is 1.32 bits per heavy atom. The van der Waals surface area contributed by atoms with E-state index in [4.69, 9.17) is 31.7 Å². The van der Waals surface area contributed by atoms with E-state index in [2.05, 4.69) is 0 Å². The number of hydrogen-bond donors (Lipinski definition) is 1. The maximum Gasteiger partial charge on any atom is 0.307 e. The van der Waals surface area contributed by atoms with E-state index in [1.54, 1.807) is 27.2 Å². The fourth-order valence-corrected chi connectivity index (χ4v) is 2.67. The standard InChI is InChI=1S/C14H21ClN2O4S/c1-4-21-14(18)5-6-17(16)22-9-10-7-13(20-3)11(15)8-12(10)19-2/h7-8H,4-6,9,16H2,1-3H3. The van der Waals surface area contributed by atoms with Crippen molar-refractivity contribution in [2.45, 2.75) is 19.1 Å². The van der Waals surface area contributed by atoms with Crippen LogP contribution in [-0.4, -0.2) is 37.8 Å². The van der Waals surface area contributed by atoms with Crippen LogP contribution in [0.5, 0.6) is 11.5 Å². The smallest absolute Gasteiger partial charge is 0.307 e. The molecule has 0 spiro atoms. The molecule has 0 radical (unpaired) electrons. The van der Waals surface area contributed by atoms with Crippen LogP contribution in [0.25, 0.3) is 0 Å². The third-order valence-electron chi connectivity index (χ3n) is 2.78. The summed E-state index contributed by atoms with van der Waals surface area (Å²) in [6, 6.07) is 3.52. The van der Waals surface area contributed by atoms with Crippen molar-refractivity contribution in [2.75, 3.05) is 27.4 Å². The molecule has 8 heteroatoms. The van der Waals surface area contributed by atoms with Crippen LogP contribution in [-0.2, 0) is 15.3 Å². The van der Waals surface area contributed by atoms with Crippen molar-refractivity contribution < 1.29 is 19.0 Å². The van der Waals surface area contributed by atoms with Gasteiger partial charge in [-0.15, -0.1) is 0 Å². The summed E-state index contributed by atoms with van der Waals surface area (Å²) < 4.78 is 16.8. The molecule has 0 aliphatic heterocycles. The number of nitrogens with zero attached hydrogens (tertiary/aromatic N) is 1. The summed E-state index contributed by atoms with van der Waals surface area (Å²) in [5.41, 5.74) is 0.903. The van der Waals surface area contributed by atoms with E-state index in [9.17, 15) is 4.79 Å². The predicted octanol–water partition coefficient (Wildman–Crippen LogP) is 2.63. The lowest BCUT2D eigenvalue weighted by molar-refractivity contribution is -0.143. The van der Waals surface area contributed by atoms with Gasteiger partial charge in [-0.2, -0.15) is 4.41 Å². The molecule has 6 nitrogen and oxygen atoms in total. The largest absolute Gasteiger partial charge is 0.496 e. The van der Waals surface area contributed by atoms with Crippen LogP contribution in [0.2, 0.25) is 5.02 Å². The maximum absolute atomic E-state index is 11.3. The van der Waals surface area contributed by atoms with Gasteiger partial charge in [-0.3, -0.25) is 10.6 Å². The summed E-state index contributed by atoms with van der Waals surface area (Å²) in [7, 11) is 3.13. The third kappa shape index (κ3) is 5.92. The second kappa shape index (κ2) is 9.78. The number of rotatable bonds is 9. The van der Waals surface area contributed by atoms with Crippen molar-refractivity contribution >= 4 is 29.5 Å². The number of hydrogen-bond acceptors (Lipinski definition) is 7. The fraction of sp³-hybridized carbons (Fsp3) is 0.500. The Bertz CT molecular complexity index is 502. The Kier molecular flexibility index (Phi) is 8.40. The molecule has 0 heterocycles. The van der Waals surface area contributed by atoms with Gasteiger partial charge in [0.15, 0.2) is 0 Å². The molecular formula is C14H21ClN2O4S. The van der Waals surface area contributed by atoms with E-state index in [0.717, 1.165) is 5.56 Å². The molecule has 0 fully saturated rings.